The van der Waals surface area contributed by atoms with Crippen LogP contribution < -0.4 is 9.64 Å². The van der Waals surface area contributed by atoms with Crippen molar-refractivity contribution in [3.8, 4) is 5.75 Å². The Morgan fingerprint density at radius 2 is 1.84 bits per heavy atom. The van der Waals surface area contributed by atoms with Crippen molar-refractivity contribution in [3.63, 3.8) is 0 Å². The number of hydrogen-bond acceptors (Lipinski definition) is 3. The third-order valence-corrected chi connectivity index (χ3v) is 4.42. The summed E-state index contributed by atoms with van der Waals surface area (Å²) in [7, 11) is 0. The number of carbonyl (C=O) groups excluding carboxylic acids is 1. The summed E-state index contributed by atoms with van der Waals surface area (Å²) in [6.07, 6.45) is 3.52. The maximum Gasteiger partial charge on any atom is 0.341 e. The van der Waals surface area contributed by atoms with Crippen LogP contribution in [0, 0.1) is 5.92 Å². The van der Waals surface area contributed by atoms with Gasteiger partial charge in [-0.3, -0.25) is 4.79 Å². The topological polar surface area (TPSA) is 66.8 Å². The minimum atomic E-state index is -1.05. The minimum Gasteiger partial charge on any atom is -0.482 e. The van der Waals surface area contributed by atoms with Crippen molar-refractivity contribution in [1.29, 1.82) is 0 Å². The molecule has 1 N–H and O–H groups in total. The maximum atomic E-state index is 13.1. The predicted octanol–water partition coefficient (Wildman–Crippen LogP) is 3.60. The van der Waals surface area contributed by atoms with Gasteiger partial charge in [0.05, 0.1) is 0 Å². The second kappa shape index (κ2) is 7.83. The van der Waals surface area contributed by atoms with Gasteiger partial charge in [-0.1, -0.05) is 30.7 Å². The van der Waals surface area contributed by atoms with Gasteiger partial charge in [-0.2, -0.15) is 0 Å². The molecule has 1 amide bonds. The molecule has 0 aromatic heterocycles. The molecule has 0 saturated heterocycles. The molecule has 25 heavy (non-hydrogen) atoms. The zero-order valence-corrected chi connectivity index (χ0v) is 13.9. The number of ether oxygens (including phenoxy) is 1. The Kier molecular flexibility index (Phi) is 5.33. The van der Waals surface area contributed by atoms with E-state index in [1.807, 2.05) is 30.3 Å². The lowest BCUT2D eigenvalue weighted by molar-refractivity contribution is -0.139. The molecular weight excluding hydrogens is 318 g/mol. The van der Waals surface area contributed by atoms with E-state index in [1.165, 1.54) is 6.42 Å². The van der Waals surface area contributed by atoms with Crippen molar-refractivity contribution >= 4 is 17.6 Å². The molecule has 0 spiro atoms. The van der Waals surface area contributed by atoms with Crippen molar-refractivity contribution in [2.75, 3.05) is 18.1 Å². The van der Waals surface area contributed by atoms with E-state index in [4.69, 9.17) is 9.84 Å². The molecular formula is C20H21NO4. The summed E-state index contributed by atoms with van der Waals surface area (Å²) in [6, 6.07) is 16.3. The van der Waals surface area contributed by atoms with E-state index in [0.29, 0.717) is 23.8 Å². The Hall–Kier alpha value is -2.82. The van der Waals surface area contributed by atoms with Crippen LogP contribution in [0.4, 0.5) is 5.69 Å². The quantitative estimate of drug-likeness (QED) is 0.837. The Morgan fingerprint density at radius 1 is 1.08 bits per heavy atom. The SMILES string of the molecule is O=C(O)COc1cccc(C(=O)N(CC2CCC2)c2ccccc2)c1. The van der Waals surface area contributed by atoms with Crippen molar-refractivity contribution in [2.24, 2.45) is 5.92 Å². The number of anilines is 1. The van der Waals surface area contributed by atoms with E-state index in [0.717, 1.165) is 18.5 Å². The summed E-state index contributed by atoms with van der Waals surface area (Å²) in [5, 5.41) is 8.72. The lowest BCUT2D eigenvalue weighted by Gasteiger charge is -2.32. The van der Waals surface area contributed by atoms with Gasteiger partial charge in [0.15, 0.2) is 6.61 Å². The average Bonchev–Trinajstić information content (AvgIpc) is 2.60. The second-order valence-electron chi connectivity index (χ2n) is 6.26. The number of carbonyl (C=O) groups is 2. The van der Waals surface area contributed by atoms with Crippen LogP contribution in [0.25, 0.3) is 0 Å². The first-order valence-electron chi connectivity index (χ1n) is 8.45. The number of nitrogens with zero attached hydrogens (tertiary/aromatic N) is 1. The summed E-state index contributed by atoms with van der Waals surface area (Å²) in [4.78, 5) is 25.5. The molecule has 0 bridgehead atoms. The van der Waals surface area contributed by atoms with Crippen LogP contribution in [0.15, 0.2) is 54.6 Å². The van der Waals surface area contributed by atoms with E-state index >= 15 is 0 Å². The normalized spacial score (nSPS) is 13.8. The third-order valence-electron chi connectivity index (χ3n) is 4.42. The first-order chi connectivity index (χ1) is 12.1. The van der Waals surface area contributed by atoms with Crippen molar-refractivity contribution < 1.29 is 19.4 Å². The number of rotatable bonds is 7. The monoisotopic (exact) mass is 339 g/mol. The fourth-order valence-corrected chi connectivity index (χ4v) is 2.87. The highest BCUT2D eigenvalue weighted by molar-refractivity contribution is 6.06. The molecule has 0 heterocycles. The summed E-state index contributed by atoms with van der Waals surface area (Å²) >= 11 is 0. The zero-order chi connectivity index (χ0) is 17.6. The fourth-order valence-electron chi connectivity index (χ4n) is 2.87. The molecule has 5 heteroatoms. The number of benzene rings is 2. The number of para-hydroxylation sites is 1. The number of carboxylic acid groups (broad SMARTS) is 1. The molecule has 1 saturated carbocycles. The van der Waals surface area contributed by atoms with Gasteiger partial charge in [0.25, 0.3) is 5.91 Å². The van der Waals surface area contributed by atoms with Crippen LogP contribution in [-0.4, -0.2) is 30.1 Å². The molecule has 130 valence electrons. The summed E-state index contributed by atoms with van der Waals surface area (Å²) < 4.78 is 5.19. The standard InChI is InChI=1S/C20H21NO4/c22-19(23)14-25-18-11-5-8-16(12-18)20(24)21(13-15-6-4-7-15)17-9-2-1-3-10-17/h1-3,5,8-12,15H,4,6-7,13-14H2,(H,22,23). The molecule has 1 aliphatic rings. The summed E-state index contributed by atoms with van der Waals surface area (Å²) in [6.45, 7) is 0.269. The smallest absolute Gasteiger partial charge is 0.341 e. The van der Waals surface area contributed by atoms with E-state index in [1.54, 1.807) is 29.2 Å². The Labute approximate surface area is 146 Å². The summed E-state index contributed by atoms with van der Waals surface area (Å²) in [5.74, 6) is -0.230. The molecule has 0 unspecified atom stereocenters. The van der Waals surface area contributed by atoms with Crippen LogP contribution in [0.2, 0.25) is 0 Å². The fraction of sp³-hybridized carbons (Fsp3) is 0.300. The molecule has 1 aliphatic carbocycles. The Morgan fingerprint density at radius 3 is 2.48 bits per heavy atom. The highest BCUT2D eigenvalue weighted by Gasteiger charge is 2.25. The molecule has 1 fully saturated rings. The van der Waals surface area contributed by atoms with Crippen LogP contribution in [0.3, 0.4) is 0 Å². The van der Waals surface area contributed by atoms with Gasteiger partial charge in [0.2, 0.25) is 0 Å². The molecule has 0 radical (unpaired) electrons. The molecule has 2 aromatic rings. The van der Waals surface area contributed by atoms with E-state index in [9.17, 15) is 9.59 Å². The zero-order valence-electron chi connectivity index (χ0n) is 13.9. The first-order valence-corrected chi connectivity index (χ1v) is 8.45. The van der Waals surface area contributed by atoms with E-state index in [2.05, 4.69) is 0 Å². The maximum absolute atomic E-state index is 13.1. The first kappa shape index (κ1) is 17.0. The lowest BCUT2D eigenvalue weighted by Crippen LogP contribution is -2.37. The van der Waals surface area contributed by atoms with E-state index in [-0.39, 0.29) is 5.91 Å². The van der Waals surface area contributed by atoms with Crippen LogP contribution in [0.5, 0.6) is 5.75 Å². The minimum absolute atomic E-state index is 0.0983. The summed E-state index contributed by atoms with van der Waals surface area (Å²) in [5.41, 5.74) is 1.36. The van der Waals surface area contributed by atoms with Gasteiger partial charge in [-0.05, 0) is 49.1 Å². The molecule has 0 atom stereocenters. The van der Waals surface area contributed by atoms with Gasteiger partial charge in [0.1, 0.15) is 5.75 Å². The van der Waals surface area contributed by atoms with Gasteiger partial charge in [-0.25, -0.2) is 4.79 Å². The number of aliphatic carboxylic acids is 1. The molecule has 2 aromatic carbocycles. The third kappa shape index (κ3) is 4.38. The molecule has 3 rings (SSSR count). The van der Waals surface area contributed by atoms with Crippen LogP contribution >= 0.6 is 0 Å². The van der Waals surface area contributed by atoms with Crippen molar-refractivity contribution in [1.82, 2.24) is 0 Å². The van der Waals surface area contributed by atoms with E-state index < -0.39 is 12.6 Å². The van der Waals surface area contributed by atoms with Crippen molar-refractivity contribution in [3.05, 3.63) is 60.2 Å². The number of carboxylic acids is 1. The Balaban J connectivity index is 1.81. The average molecular weight is 339 g/mol. The Bertz CT molecular complexity index is 740. The largest absolute Gasteiger partial charge is 0.482 e. The lowest BCUT2D eigenvalue weighted by atomic mass is 9.85. The van der Waals surface area contributed by atoms with Crippen LogP contribution in [0.1, 0.15) is 29.6 Å². The van der Waals surface area contributed by atoms with Gasteiger partial charge in [-0.15, -0.1) is 0 Å². The van der Waals surface area contributed by atoms with Gasteiger partial charge < -0.3 is 14.7 Å². The molecule has 0 aliphatic heterocycles. The second-order valence-corrected chi connectivity index (χ2v) is 6.26. The molecule has 5 nitrogen and oxygen atoms in total. The predicted molar refractivity (Wildman–Crippen MR) is 95.0 cm³/mol. The van der Waals surface area contributed by atoms with Crippen molar-refractivity contribution in [2.45, 2.75) is 19.3 Å². The highest BCUT2D eigenvalue weighted by Crippen LogP contribution is 2.30. The number of hydrogen-bond donors (Lipinski definition) is 1. The van der Waals surface area contributed by atoms with Crippen LogP contribution in [-0.2, 0) is 4.79 Å². The highest BCUT2D eigenvalue weighted by atomic mass is 16.5. The number of amides is 1. The van der Waals surface area contributed by atoms with Gasteiger partial charge >= 0.3 is 5.97 Å². The van der Waals surface area contributed by atoms with Gasteiger partial charge in [0, 0.05) is 17.8 Å².